The number of hydrogen-bond donors (Lipinski definition) is 0. The van der Waals surface area contributed by atoms with Crippen LogP contribution < -0.4 is 0 Å². The smallest absolute Gasteiger partial charge is 0.253 e. The molecule has 0 unspecified atom stereocenters. The minimum absolute atomic E-state index is 0.0581. The predicted octanol–water partition coefficient (Wildman–Crippen LogP) is 2.73. The molecule has 0 aromatic heterocycles. The summed E-state index contributed by atoms with van der Waals surface area (Å²) in [6.07, 6.45) is 5.05. The highest BCUT2D eigenvalue weighted by Crippen LogP contribution is 2.23. The number of benzene rings is 1. The van der Waals surface area contributed by atoms with Gasteiger partial charge in [-0.05, 0) is 49.8 Å². The van der Waals surface area contributed by atoms with E-state index in [2.05, 4.69) is 6.92 Å². The van der Waals surface area contributed by atoms with Gasteiger partial charge in [-0.1, -0.05) is 19.4 Å². The van der Waals surface area contributed by atoms with Crippen molar-refractivity contribution in [1.29, 1.82) is 0 Å². The molecule has 6 heteroatoms. The molecule has 0 saturated carbocycles. The molecule has 0 N–H and O–H groups in total. The summed E-state index contributed by atoms with van der Waals surface area (Å²) >= 11 is 0. The van der Waals surface area contributed by atoms with Crippen molar-refractivity contribution >= 4 is 15.9 Å². The van der Waals surface area contributed by atoms with Crippen LogP contribution in [-0.2, 0) is 10.0 Å². The van der Waals surface area contributed by atoms with E-state index in [9.17, 15) is 13.2 Å². The van der Waals surface area contributed by atoms with Gasteiger partial charge in [0.15, 0.2) is 0 Å². The fourth-order valence-electron chi connectivity index (χ4n) is 3.60. The maximum atomic E-state index is 12.8. The molecule has 2 aliphatic heterocycles. The number of piperidine rings is 2. The Morgan fingerprint density at radius 1 is 1.08 bits per heavy atom. The number of likely N-dealkylation sites (tertiary alicyclic amines) is 1. The van der Waals surface area contributed by atoms with Gasteiger partial charge in [0.1, 0.15) is 0 Å². The highest BCUT2D eigenvalue weighted by molar-refractivity contribution is 7.89. The fourth-order valence-corrected chi connectivity index (χ4v) is 5.16. The minimum Gasteiger partial charge on any atom is -0.338 e. The molecule has 2 fully saturated rings. The lowest BCUT2D eigenvalue weighted by molar-refractivity contribution is 0.0683. The number of hydrogen-bond acceptors (Lipinski definition) is 3. The van der Waals surface area contributed by atoms with Crippen molar-refractivity contribution in [3.63, 3.8) is 0 Å². The molecule has 2 heterocycles. The highest BCUT2D eigenvalue weighted by atomic mass is 32.2. The fraction of sp³-hybridized carbons (Fsp3) is 0.611. The van der Waals surface area contributed by atoms with Crippen LogP contribution >= 0.6 is 0 Å². The van der Waals surface area contributed by atoms with Crippen molar-refractivity contribution in [1.82, 2.24) is 9.21 Å². The molecule has 0 bridgehead atoms. The second-order valence-corrected chi connectivity index (χ2v) is 8.93. The number of carbonyl (C=O) groups is 1. The van der Waals surface area contributed by atoms with Crippen LogP contribution in [0, 0.1) is 5.92 Å². The zero-order chi connectivity index (χ0) is 17.2. The van der Waals surface area contributed by atoms with Crippen molar-refractivity contribution in [3.8, 4) is 0 Å². The Balaban J connectivity index is 1.82. The van der Waals surface area contributed by atoms with Crippen LogP contribution in [0.3, 0.4) is 0 Å². The topological polar surface area (TPSA) is 57.7 Å². The molecule has 1 aromatic carbocycles. The molecule has 0 spiro atoms. The van der Waals surface area contributed by atoms with Gasteiger partial charge in [-0.3, -0.25) is 4.79 Å². The van der Waals surface area contributed by atoms with Crippen LogP contribution in [0.2, 0.25) is 0 Å². The summed E-state index contributed by atoms with van der Waals surface area (Å²) in [4.78, 5) is 14.8. The van der Waals surface area contributed by atoms with Crippen molar-refractivity contribution in [2.24, 2.45) is 5.92 Å². The largest absolute Gasteiger partial charge is 0.338 e. The van der Waals surface area contributed by atoms with Gasteiger partial charge in [-0.25, -0.2) is 8.42 Å². The summed E-state index contributed by atoms with van der Waals surface area (Å²) in [5.41, 5.74) is 0.474. The monoisotopic (exact) mass is 350 g/mol. The number of sulfonamides is 1. The van der Waals surface area contributed by atoms with Gasteiger partial charge >= 0.3 is 0 Å². The van der Waals surface area contributed by atoms with Gasteiger partial charge in [-0.2, -0.15) is 4.31 Å². The van der Waals surface area contributed by atoms with Crippen LogP contribution in [0.1, 0.15) is 49.4 Å². The molecule has 24 heavy (non-hydrogen) atoms. The zero-order valence-electron chi connectivity index (χ0n) is 14.3. The summed E-state index contributed by atoms with van der Waals surface area (Å²) < 4.78 is 27.1. The zero-order valence-corrected chi connectivity index (χ0v) is 15.1. The Morgan fingerprint density at radius 2 is 1.83 bits per heavy atom. The molecule has 132 valence electrons. The lowest BCUT2D eigenvalue weighted by atomic mass is 9.99. The van der Waals surface area contributed by atoms with Crippen LogP contribution in [0.4, 0.5) is 0 Å². The van der Waals surface area contributed by atoms with E-state index in [0.29, 0.717) is 24.6 Å². The predicted molar refractivity (Wildman–Crippen MR) is 93.4 cm³/mol. The average Bonchev–Trinajstić information content (AvgIpc) is 2.62. The van der Waals surface area contributed by atoms with Crippen LogP contribution in [0.15, 0.2) is 29.2 Å². The molecule has 1 amide bonds. The Kier molecular flexibility index (Phi) is 5.25. The first-order chi connectivity index (χ1) is 11.5. The van der Waals surface area contributed by atoms with E-state index in [1.165, 1.54) is 0 Å². The van der Waals surface area contributed by atoms with E-state index in [-0.39, 0.29) is 10.8 Å². The van der Waals surface area contributed by atoms with Crippen molar-refractivity contribution < 1.29 is 13.2 Å². The van der Waals surface area contributed by atoms with Crippen molar-refractivity contribution in [2.75, 3.05) is 26.2 Å². The summed E-state index contributed by atoms with van der Waals surface area (Å²) in [5.74, 6) is 0.445. The molecule has 3 rings (SSSR count). The highest BCUT2D eigenvalue weighted by Gasteiger charge is 2.27. The van der Waals surface area contributed by atoms with Crippen molar-refractivity contribution in [2.45, 2.75) is 43.9 Å². The molecule has 5 nitrogen and oxygen atoms in total. The average molecular weight is 350 g/mol. The first-order valence-corrected chi connectivity index (χ1v) is 10.3. The van der Waals surface area contributed by atoms with Gasteiger partial charge in [0.2, 0.25) is 10.0 Å². The maximum Gasteiger partial charge on any atom is 0.253 e. The third kappa shape index (κ3) is 3.64. The Labute approximate surface area is 144 Å². The van der Waals surface area contributed by atoms with Gasteiger partial charge in [-0.15, -0.1) is 0 Å². The normalized spacial score (nSPS) is 23.2. The number of amides is 1. The lowest BCUT2D eigenvalue weighted by Crippen LogP contribution is -2.39. The summed E-state index contributed by atoms with van der Waals surface area (Å²) in [5, 5.41) is 0. The third-order valence-electron chi connectivity index (χ3n) is 4.98. The molecule has 2 saturated heterocycles. The maximum absolute atomic E-state index is 12.8. The van der Waals surface area contributed by atoms with Gasteiger partial charge in [0, 0.05) is 31.7 Å². The van der Waals surface area contributed by atoms with Gasteiger partial charge in [0.25, 0.3) is 5.91 Å². The number of carbonyl (C=O) groups excluding carboxylic acids is 1. The van der Waals surface area contributed by atoms with E-state index in [1.54, 1.807) is 28.6 Å². The molecule has 0 radical (unpaired) electrons. The van der Waals surface area contributed by atoms with E-state index in [1.807, 2.05) is 4.90 Å². The summed E-state index contributed by atoms with van der Waals surface area (Å²) in [6, 6.07) is 6.54. The molecule has 0 aliphatic carbocycles. The van der Waals surface area contributed by atoms with E-state index in [4.69, 9.17) is 0 Å². The van der Waals surface area contributed by atoms with Crippen molar-refractivity contribution in [3.05, 3.63) is 29.8 Å². The second-order valence-electron chi connectivity index (χ2n) is 6.99. The van der Waals surface area contributed by atoms with E-state index in [0.717, 1.165) is 45.2 Å². The SMILES string of the molecule is C[C@@H]1CCCN(C(=O)c2cccc(S(=O)(=O)N3CCCCC3)c2)C1. The molecular formula is C18H26N2O3S. The number of rotatable bonds is 3. The third-order valence-corrected chi connectivity index (χ3v) is 6.87. The summed E-state index contributed by atoms with van der Waals surface area (Å²) in [7, 11) is -3.50. The van der Waals surface area contributed by atoms with Crippen LogP contribution in [0.5, 0.6) is 0 Å². The van der Waals surface area contributed by atoms with Crippen LogP contribution in [0.25, 0.3) is 0 Å². The second kappa shape index (κ2) is 7.23. The number of nitrogens with zero attached hydrogens (tertiary/aromatic N) is 2. The quantitative estimate of drug-likeness (QED) is 0.842. The standard InChI is InChI=1S/C18H26N2O3S/c1-15-7-6-10-19(14-15)18(21)16-8-5-9-17(13-16)24(22,23)20-11-3-2-4-12-20/h5,8-9,13,15H,2-4,6-7,10-12,14H2,1H3/t15-/m1/s1. The Morgan fingerprint density at radius 3 is 2.54 bits per heavy atom. The first kappa shape index (κ1) is 17.4. The summed E-state index contributed by atoms with van der Waals surface area (Å²) in [6.45, 7) is 4.80. The lowest BCUT2D eigenvalue weighted by Gasteiger charge is -2.31. The Hall–Kier alpha value is -1.40. The molecule has 1 atom stereocenters. The first-order valence-electron chi connectivity index (χ1n) is 8.88. The van der Waals surface area contributed by atoms with Gasteiger partial charge in [0.05, 0.1) is 4.90 Å². The van der Waals surface area contributed by atoms with E-state index < -0.39 is 10.0 Å². The van der Waals surface area contributed by atoms with E-state index >= 15 is 0 Å². The van der Waals surface area contributed by atoms with Crippen LogP contribution in [-0.4, -0.2) is 49.7 Å². The Bertz CT molecular complexity index is 696. The molecular weight excluding hydrogens is 324 g/mol. The molecule has 2 aliphatic rings. The minimum atomic E-state index is -3.50. The van der Waals surface area contributed by atoms with Gasteiger partial charge < -0.3 is 4.90 Å². The molecule has 1 aromatic rings.